The Kier molecular flexibility index (Phi) is 4.40. The number of aromatic nitrogens is 4. The van der Waals surface area contributed by atoms with Crippen LogP contribution in [0.5, 0.6) is 0 Å². The van der Waals surface area contributed by atoms with Gasteiger partial charge in [-0.3, -0.25) is 5.10 Å². The van der Waals surface area contributed by atoms with Crippen LogP contribution in [0.15, 0.2) is 18.5 Å². The average Bonchev–Trinajstić information content (AvgIpc) is 3.03. The molecule has 0 atom stereocenters. The van der Waals surface area contributed by atoms with Crippen LogP contribution in [0, 0.1) is 6.92 Å². The highest BCUT2D eigenvalue weighted by Crippen LogP contribution is 2.25. The van der Waals surface area contributed by atoms with Crippen LogP contribution in [-0.4, -0.2) is 32.7 Å². The molecule has 0 spiro atoms. The van der Waals surface area contributed by atoms with Gasteiger partial charge in [0.1, 0.15) is 17.8 Å². The molecular weight excluding hydrogens is 264 g/mol. The molecule has 6 nitrogen and oxygen atoms in total. The molecule has 7 heteroatoms. The minimum absolute atomic E-state index is 0.279. The summed E-state index contributed by atoms with van der Waals surface area (Å²) in [5.74, 6) is 0.194. The van der Waals surface area contributed by atoms with Crippen LogP contribution in [0.2, 0.25) is 0 Å². The Morgan fingerprint density at radius 1 is 1.53 bits per heavy atom. The van der Waals surface area contributed by atoms with E-state index in [-0.39, 0.29) is 12.6 Å². The summed E-state index contributed by atoms with van der Waals surface area (Å²) >= 11 is 1.25. The fourth-order valence-electron chi connectivity index (χ4n) is 1.42. The Balaban J connectivity index is 2.08. The van der Waals surface area contributed by atoms with E-state index in [1.165, 1.54) is 17.7 Å². The summed E-state index contributed by atoms with van der Waals surface area (Å²) in [7, 11) is 0. The van der Waals surface area contributed by atoms with Crippen molar-refractivity contribution < 1.29 is 9.53 Å². The van der Waals surface area contributed by atoms with Crippen LogP contribution in [0.25, 0.3) is 10.8 Å². The number of nitrogens with one attached hydrogen (secondary N) is 1. The molecule has 0 aliphatic rings. The lowest BCUT2D eigenvalue weighted by atomic mass is 10.4. The lowest BCUT2D eigenvalue weighted by molar-refractivity contribution is 0.0554. The number of allylic oxidation sites excluding steroid dienone is 1. The van der Waals surface area contributed by atoms with Crippen LogP contribution in [-0.2, 0) is 4.74 Å². The molecule has 0 saturated carbocycles. The number of carbonyl (C=O) groups is 1. The minimum Gasteiger partial charge on any atom is -0.457 e. The van der Waals surface area contributed by atoms with Gasteiger partial charge in [0.2, 0.25) is 0 Å². The number of thiazole rings is 1. The number of nitrogens with zero attached hydrogens (tertiary/aromatic N) is 3. The number of hydrogen-bond acceptors (Lipinski definition) is 6. The van der Waals surface area contributed by atoms with Crippen molar-refractivity contribution in [2.24, 2.45) is 0 Å². The molecule has 0 amide bonds. The number of hydrogen-bond donors (Lipinski definition) is 1. The summed E-state index contributed by atoms with van der Waals surface area (Å²) in [6.45, 7) is 4.08. The molecule has 0 aromatic carbocycles. The highest BCUT2D eigenvalue weighted by Gasteiger charge is 2.18. The maximum absolute atomic E-state index is 11.9. The van der Waals surface area contributed by atoms with Gasteiger partial charge in [-0.1, -0.05) is 19.1 Å². The number of rotatable bonds is 5. The van der Waals surface area contributed by atoms with Crippen molar-refractivity contribution in [3.8, 4) is 10.8 Å². The van der Waals surface area contributed by atoms with Crippen LogP contribution in [0.4, 0.5) is 0 Å². The molecule has 0 bridgehead atoms. The van der Waals surface area contributed by atoms with E-state index in [2.05, 4.69) is 20.2 Å². The molecular formula is C12H14N4O2S. The third-order valence-electron chi connectivity index (χ3n) is 2.31. The number of esters is 1. The van der Waals surface area contributed by atoms with E-state index < -0.39 is 0 Å². The average molecular weight is 278 g/mol. The van der Waals surface area contributed by atoms with Crippen molar-refractivity contribution >= 4 is 17.3 Å². The first-order chi connectivity index (χ1) is 9.22. The van der Waals surface area contributed by atoms with Gasteiger partial charge in [0.15, 0.2) is 10.8 Å². The normalized spacial score (nSPS) is 11.1. The second kappa shape index (κ2) is 6.24. The molecule has 0 radical (unpaired) electrons. The zero-order valence-electron chi connectivity index (χ0n) is 10.7. The van der Waals surface area contributed by atoms with E-state index in [9.17, 15) is 4.79 Å². The van der Waals surface area contributed by atoms with Gasteiger partial charge < -0.3 is 4.74 Å². The largest absolute Gasteiger partial charge is 0.457 e. The highest BCUT2D eigenvalue weighted by atomic mass is 32.1. The third-order valence-corrected chi connectivity index (χ3v) is 3.46. The molecule has 1 N–H and O–H groups in total. The second-order valence-corrected chi connectivity index (χ2v) is 4.74. The second-order valence-electron chi connectivity index (χ2n) is 3.75. The molecule has 2 heterocycles. The monoisotopic (exact) mass is 278 g/mol. The molecule has 0 aliphatic carbocycles. The summed E-state index contributed by atoms with van der Waals surface area (Å²) in [6, 6.07) is 0. The van der Waals surface area contributed by atoms with E-state index in [0.717, 1.165) is 6.42 Å². The number of H-pyrrole nitrogens is 1. The predicted molar refractivity (Wildman–Crippen MR) is 71.9 cm³/mol. The topological polar surface area (TPSA) is 80.8 Å². The van der Waals surface area contributed by atoms with Crippen molar-refractivity contribution in [3.63, 3.8) is 0 Å². The highest BCUT2D eigenvalue weighted by molar-refractivity contribution is 7.16. The van der Waals surface area contributed by atoms with E-state index in [4.69, 9.17) is 4.74 Å². The summed E-state index contributed by atoms with van der Waals surface area (Å²) in [5.41, 5.74) is 0.640. The molecule has 100 valence electrons. The van der Waals surface area contributed by atoms with Gasteiger partial charge in [0.25, 0.3) is 0 Å². The van der Waals surface area contributed by atoms with Gasteiger partial charge in [-0.15, -0.1) is 11.3 Å². The number of aryl methyl sites for hydroxylation is 1. The lowest BCUT2D eigenvalue weighted by Gasteiger charge is -1.98. The number of aromatic amines is 1. The van der Waals surface area contributed by atoms with Crippen LogP contribution >= 0.6 is 11.3 Å². The zero-order valence-corrected chi connectivity index (χ0v) is 11.5. The molecule has 19 heavy (non-hydrogen) atoms. The van der Waals surface area contributed by atoms with Crippen molar-refractivity contribution in [2.75, 3.05) is 6.61 Å². The summed E-state index contributed by atoms with van der Waals surface area (Å²) in [4.78, 5) is 20.7. The Morgan fingerprint density at radius 2 is 2.37 bits per heavy atom. The Hall–Kier alpha value is -2.02. The van der Waals surface area contributed by atoms with Crippen molar-refractivity contribution in [1.29, 1.82) is 0 Å². The van der Waals surface area contributed by atoms with E-state index in [1.807, 2.05) is 19.1 Å². The van der Waals surface area contributed by atoms with Crippen LogP contribution < -0.4 is 0 Å². The maximum Gasteiger partial charge on any atom is 0.350 e. The first-order valence-electron chi connectivity index (χ1n) is 5.87. The number of carbonyl (C=O) groups excluding carboxylic acids is 1. The smallest absolute Gasteiger partial charge is 0.350 e. The van der Waals surface area contributed by atoms with Gasteiger partial charge in [-0.25, -0.2) is 14.8 Å². The van der Waals surface area contributed by atoms with Gasteiger partial charge in [-0.2, -0.15) is 5.10 Å². The first-order valence-corrected chi connectivity index (χ1v) is 6.69. The van der Waals surface area contributed by atoms with Gasteiger partial charge >= 0.3 is 5.97 Å². The number of ether oxygens (including phenoxy) is 1. The Morgan fingerprint density at radius 3 is 3.05 bits per heavy atom. The van der Waals surface area contributed by atoms with Crippen molar-refractivity contribution in [1.82, 2.24) is 20.2 Å². The van der Waals surface area contributed by atoms with Gasteiger partial charge in [-0.05, 0) is 13.3 Å². The molecule has 0 unspecified atom stereocenters. The van der Waals surface area contributed by atoms with Crippen molar-refractivity contribution in [3.05, 3.63) is 29.1 Å². The minimum atomic E-state index is -0.360. The molecule has 2 aromatic heterocycles. The standard InChI is InChI=1S/C12H14N4O2S/c1-3-4-5-6-18-12(17)9-8(2)15-11(19-9)10-13-7-14-16-10/h4-5,7H,3,6H2,1-2H3,(H,13,14,16)/b5-4+. The zero-order chi connectivity index (χ0) is 13.7. The Labute approximate surface area is 114 Å². The van der Waals surface area contributed by atoms with Crippen LogP contribution in [0.1, 0.15) is 28.7 Å². The summed E-state index contributed by atoms with van der Waals surface area (Å²) in [6.07, 6.45) is 6.10. The SMILES string of the molecule is CC/C=C/COC(=O)c1sc(-c2ncn[nH]2)nc1C. The molecule has 2 rings (SSSR count). The molecule has 0 saturated heterocycles. The molecule has 0 fully saturated rings. The summed E-state index contributed by atoms with van der Waals surface area (Å²) in [5, 5.41) is 7.10. The molecule has 0 aliphatic heterocycles. The van der Waals surface area contributed by atoms with Gasteiger partial charge in [0, 0.05) is 0 Å². The summed E-state index contributed by atoms with van der Waals surface area (Å²) < 4.78 is 5.14. The predicted octanol–water partition coefficient (Wildman–Crippen LogP) is 2.36. The van der Waals surface area contributed by atoms with E-state index >= 15 is 0 Å². The van der Waals surface area contributed by atoms with E-state index in [0.29, 0.717) is 21.4 Å². The maximum atomic E-state index is 11.9. The van der Waals surface area contributed by atoms with Crippen molar-refractivity contribution in [2.45, 2.75) is 20.3 Å². The quantitative estimate of drug-likeness (QED) is 0.670. The van der Waals surface area contributed by atoms with Crippen LogP contribution in [0.3, 0.4) is 0 Å². The van der Waals surface area contributed by atoms with Gasteiger partial charge in [0.05, 0.1) is 5.69 Å². The third kappa shape index (κ3) is 3.25. The first kappa shape index (κ1) is 13.4. The lowest BCUT2D eigenvalue weighted by Crippen LogP contribution is -2.04. The Bertz CT molecular complexity index is 575. The fraction of sp³-hybridized carbons (Fsp3) is 0.333. The molecule has 2 aromatic rings. The van der Waals surface area contributed by atoms with E-state index in [1.54, 1.807) is 6.92 Å². The fourth-order valence-corrected chi connectivity index (χ4v) is 2.33.